The Morgan fingerprint density at radius 3 is 3.00 bits per heavy atom. The number of phenols is 1. The number of anilines is 1. The highest BCUT2D eigenvalue weighted by atomic mass is 32.1. The zero-order valence-electron chi connectivity index (χ0n) is 14.4. The zero-order valence-corrected chi connectivity index (χ0v) is 15.2. The van der Waals surface area contributed by atoms with Crippen molar-refractivity contribution in [1.82, 2.24) is 30.8 Å². The molecule has 2 aromatic heterocycles. The van der Waals surface area contributed by atoms with Crippen LogP contribution in [-0.4, -0.2) is 55.6 Å². The minimum absolute atomic E-state index is 0.00570. The van der Waals surface area contributed by atoms with Crippen molar-refractivity contribution in [2.45, 2.75) is 6.42 Å². The maximum absolute atomic E-state index is 11.9. The number of carbonyl (C=O) groups excluding carboxylic acids is 2. The number of H-pyrrole nitrogens is 1. The van der Waals surface area contributed by atoms with Gasteiger partial charge >= 0.3 is 0 Å². The van der Waals surface area contributed by atoms with Crippen molar-refractivity contribution in [3.05, 3.63) is 40.9 Å². The summed E-state index contributed by atoms with van der Waals surface area (Å²) in [5, 5.41) is 30.1. The molecule has 0 saturated heterocycles. The normalized spacial score (nSPS) is 10.8. The lowest BCUT2D eigenvalue weighted by molar-refractivity contribution is -0.120. The number of phenolic OH excluding ortho intramolecular Hbond substituents is 1. The van der Waals surface area contributed by atoms with Crippen molar-refractivity contribution >= 4 is 34.5 Å². The van der Waals surface area contributed by atoms with E-state index >= 15 is 0 Å². The fourth-order valence-corrected chi connectivity index (χ4v) is 2.71. The van der Waals surface area contributed by atoms with E-state index in [0.29, 0.717) is 16.3 Å². The molecular weight excluding hydrogens is 388 g/mol. The Kier molecular flexibility index (Phi) is 5.86. The summed E-state index contributed by atoms with van der Waals surface area (Å²) < 4.78 is 4.99. The van der Waals surface area contributed by atoms with Crippen LogP contribution in [-0.2, 0) is 11.2 Å². The number of methoxy groups -OCH3 is 1. The highest BCUT2D eigenvalue weighted by Gasteiger charge is 2.14. The second kappa shape index (κ2) is 8.68. The van der Waals surface area contributed by atoms with E-state index in [9.17, 15) is 14.7 Å². The monoisotopic (exact) mass is 402 g/mol. The molecule has 0 radical (unpaired) electrons. The Labute approximate surface area is 161 Å². The second-order valence-electron chi connectivity index (χ2n) is 5.19. The Morgan fingerprint density at radius 2 is 2.25 bits per heavy atom. The Hall–Kier alpha value is -3.87. The first-order chi connectivity index (χ1) is 13.5. The standard InChI is InChI=1S/C15H14N8O4S/c1-27-10-4-8(2-3-9(10)24)6-17-20-11(25)5-12-21-23-15(28-12)19-14(26)13-16-7-18-22-13/h2-4,6-7,24H,5H2,1H3,(H,20,25)(H,16,18,22)(H,19,23,26)/b17-6-. The van der Waals surface area contributed by atoms with Gasteiger partial charge in [0.25, 0.3) is 5.91 Å². The maximum Gasteiger partial charge on any atom is 0.294 e. The molecule has 0 spiro atoms. The number of aromatic nitrogens is 5. The van der Waals surface area contributed by atoms with Gasteiger partial charge in [0, 0.05) is 0 Å². The molecule has 0 aliphatic heterocycles. The quantitative estimate of drug-likeness (QED) is 0.323. The minimum Gasteiger partial charge on any atom is -0.504 e. The third kappa shape index (κ3) is 4.85. The first-order valence-corrected chi connectivity index (χ1v) is 8.55. The SMILES string of the molecule is COc1cc(/C=N\NC(=O)Cc2nnc(NC(=O)c3ncn[nH]3)s2)ccc1O. The fraction of sp³-hybridized carbons (Fsp3) is 0.133. The third-order valence-corrected chi connectivity index (χ3v) is 4.07. The summed E-state index contributed by atoms with van der Waals surface area (Å²) in [5.74, 6) is -0.588. The smallest absolute Gasteiger partial charge is 0.294 e. The molecule has 144 valence electrons. The number of hydrazone groups is 1. The molecule has 4 N–H and O–H groups in total. The van der Waals surface area contributed by atoms with Crippen molar-refractivity contribution in [3.63, 3.8) is 0 Å². The molecule has 12 nitrogen and oxygen atoms in total. The number of aromatic amines is 1. The van der Waals surface area contributed by atoms with Gasteiger partial charge in [-0.1, -0.05) is 11.3 Å². The molecule has 2 heterocycles. The van der Waals surface area contributed by atoms with E-state index in [1.807, 2.05) is 0 Å². The van der Waals surface area contributed by atoms with Gasteiger partial charge in [-0.15, -0.1) is 10.2 Å². The zero-order chi connectivity index (χ0) is 19.9. The summed E-state index contributed by atoms with van der Waals surface area (Å²) in [4.78, 5) is 27.5. The molecule has 0 aliphatic rings. The number of carbonyl (C=O) groups is 2. The highest BCUT2D eigenvalue weighted by Crippen LogP contribution is 2.25. The van der Waals surface area contributed by atoms with Gasteiger partial charge in [-0.25, -0.2) is 10.4 Å². The van der Waals surface area contributed by atoms with Crippen LogP contribution in [0.3, 0.4) is 0 Å². The van der Waals surface area contributed by atoms with Crippen LogP contribution >= 0.6 is 11.3 Å². The average molecular weight is 402 g/mol. The molecule has 3 rings (SSSR count). The van der Waals surface area contributed by atoms with Crippen LogP contribution in [0.1, 0.15) is 21.2 Å². The fourth-order valence-electron chi connectivity index (χ4n) is 1.98. The highest BCUT2D eigenvalue weighted by molar-refractivity contribution is 7.15. The molecule has 28 heavy (non-hydrogen) atoms. The number of benzene rings is 1. The number of amides is 2. The summed E-state index contributed by atoms with van der Waals surface area (Å²) in [6, 6.07) is 4.64. The summed E-state index contributed by atoms with van der Waals surface area (Å²) in [7, 11) is 1.43. The van der Waals surface area contributed by atoms with E-state index < -0.39 is 11.8 Å². The molecule has 0 unspecified atom stereocenters. The van der Waals surface area contributed by atoms with E-state index in [4.69, 9.17) is 4.74 Å². The van der Waals surface area contributed by atoms with E-state index in [2.05, 4.69) is 41.2 Å². The van der Waals surface area contributed by atoms with Crippen molar-refractivity contribution < 1.29 is 19.4 Å². The number of nitrogens with one attached hydrogen (secondary N) is 3. The first-order valence-electron chi connectivity index (χ1n) is 7.73. The molecule has 2 amide bonds. The lowest BCUT2D eigenvalue weighted by atomic mass is 10.2. The Morgan fingerprint density at radius 1 is 1.39 bits per heavy atom. The molecule has 0 bridgehead atoms. The van der Waals surface area contributed by atoms with Gasteiger partial charge in [0.1, 0.15) is 11.3 Å². The van der Waals surface area contributed by atoms with Crippen LogP contribution in [0.4, 0.5) is 5.13 Å². The summed E-state index contributed by atoms with van der Waals surface area (Å²) in [6.45, 7) is 0. The molecule has 0 fully saturated rings. The van der Waals surface area contributed by atoms with Crippen LogP contribution in [0, 0.1) is 0 Å². The van der Waals surface area contributed by atoms with E-state index in [1.54, 1.807) is 12.1 Å². The first kappa shape index (κ1) is 18.9. The predicted molar refractivity (Wildman–Crippen MR) is 98.3 cm³/mol. The van der Waals surface area contributed by atoms with Crippen molar-refractivity contribution in [1.29, 1.82) is 0 Å². The Balaban J connectivity index is 1.51. The van der Waals surface area contributed by atoms with Gasteiger partial charge in [0.05, 0.1) is 19.7 Å². The summed E-state index contributed by atoms with van der Waals surface area (Å²) in [6.07, 6.45) is 2.55. The minimum atomic E-state index is -0.515. The van der Waals surface area contributed by atoms with Crippen LogP contribution in [0.5, 0.6) is 11.5 Å². The maximum atomic E-state index is 11.9. The van der Waals surface area contributed by atoms with E-state index in [-0.39, 0.29) is 23.1 Å². The van der Waals surface area contributed by atoms with Gasteiger partial charge < -0.3 is 9.84 Å². The second-order valence-corrected chi connectivity index (χ2v) is 6.25. The van der Waals surface area contributed by atoms with Crippen LogP contribution < -0.4 is 15.5 Å². The number of rotatable bonds is 7. The van der Waals surface area contributed by atoms with Crippen molar-refractivity contribution in [2.24, 2.45) is 5.10 Å². The van der Waals surface area contributed by atoms with Crippen molar-refractivity contribution in [2.75, 3.05) is 12.4 Å². The lowest BCUT2D eigenvalue weighted by Gasteiger charge is -2.03. The van der Waals surface area contributed by atoms with E-state index in [0.717, 1.165) is 11.3 Å². The summed E-state index contributed by atoms with van der Waals surface area (Å²) in [5.41, 5.74) is 2.99. The van der Waals surface area contributed by atoms with Gasteiger partial charge in [-0.2, -0.15) is 10.2 Å². The molecule has 0 atom stereocenters. The van der Waals surface area contributed by atoms with Gasteiger partial charge in [-0.05, 0) is 23.8 Å². The molecule has 0 saturated carbocycles. The Bertz CT molecular complexity index is 1000. The third-order valence-electron chi connectivity index (χ3n) is 3.24. The van der Waals surface area contributed by atoms with Gasteiger partial charge in [-0.3, -0.25) is 20.0 Å². The molecule has 1 aromatic carbocycles. The van der Waals surface area contributed by atoms with E-state index in [1.165, 1.54) is 25.7 Å². The number of nitrogens with zero attached hydrogens (tertiary/aromatic N) is 5. The van der Waals surface area contributed by atoms with Crippen LogP contribution in [0.2, 0.25) is 0 Å². The molecule has 0 aliphatic carbocycles. The number of aromatic hydroxyl groups is 1. The molecular formula is C15H14N8O4S. The van der Waals surface area contributed by atoms with Crippen LogP contribution in [0.25, 0.3) is 0 Å². The lowest BCUT2D eigenvalue weighted by Crippen LogP contribution is -2.19. The molecule has 3 aromatic rings. The van der Waals surface area contributed by atoms with Crippen molar-refractivity contribution in [3.8, 4) is 11.5 Å². The number of ether oxygens (including phenoxy) is 1. The largest absolute Gasteiger partial charge is 0.504 e. The van der Waals surface area contributed by atoms with Gasteiger partial charge in [0.2, 0.25) is 16.9 Å². The number of hydrogen-bond donors (Lipinski definition) is 4. The topological polar surface area (TPSA) is 167 Å². The molecule has 13 heteroatoms. The predicted octanol–water partition coefficient (Wildman–Crippen LogP) is 0.315. The van der Waals surface area contributed by atoms with Crippen LogP contribution in [0.15, 0.2) is 29.6 Å². The van der Waals surface area contributed by atoms with Gasteiger partial charge in [0.15, 0.2) is 11.5 Å². The number of hydrogen-bond acceptors (Lipinski definition) is 10. The average Bonchev–Trinajstić information content (AvgIpc) is 3.35. The summed E-state index contributed by atoms with van der Waals surface area (Å²) >= 11 is 1.05.